The molecule has 0 saturated heterocycles. The first kappa shape index (κ1) is 19.2. The van der Waals surface area contributed by atoms with Gasteiger partial charge in [-0.25, -0.2) is 0 Å². The van der Waals surface area contributed by atoms with Gasteiger partial charge in [-0.2, -0.15) is 0 Å². The molecule has 2 aliphatic carbocycles. The molecular formula is C16H16ClN2NaO4. The molecule has 0 radical (unpaired) electrons. The molecule has 0 aliphatic heterocycles. The van der Waals surface area contributed by atoms with Crippen molar-refractivity contribution in [1.82, 2.24) is 5.32 Å². The van der Waals surface area contributed by atoms with Crippen molar-refractivity contribution in [3.63, 3.8) is 0 Å². The summed E-state index contributed by atoms with van der Waals surface area (Å²) in [5.41, 5.74) is 0.605. The zero-order chi connectivity index (χ0) is 16.6. The van der Waals surface area contributed by atoms with Gasteiger partial charge in [-0.15, -0.1) is 0 Å². The molecule has 1 aromatic rings. The van der Waals surface area contributed by atoms with Gasteiger partial charge >= 0.3 is 29.6 Å². The number of nitrogens with one attached hydrogen (secondary N) is 2. The monoisotopic (exact) mass is 358 g/mol. The topological polar surface area (TPSA) is 98.3 Å². The second-order valence-corrected chi connectivity index (χ2v) is 6.54. The maximum Gasteiger partial charge on any atom is 1.00 e. The van der Waals surface area contributed by atoms with Crippen LogP contribution in [-0.2, 0) is 9.59 Å². The van der Waals surface area contributed by atoms with E-state index < -0.39 is 23.7 Å². The van der Waals surface area contributed by atoms with Crippen molar-refractivity contribution in [3.05, 3.63) is 28.8 Å². The van der Waals surface area contributed by atoms with Gasteiger partial charge in [0.25, 0.3) is 5.91 Å². The predicted octanol–water partition coefficient (Wildman–Crippen LogP) is -2.19. The van der Waals surface area contributed by atoms with Gasteiger partial charge in [-0.1, -0.05) is 11.6 Å². The molecule has 2 N–H and O–H groups in total. The summed E-state index contributed by atoms with van der Waals surface area (Å²) >= 11 is 5.93. The fourth-order valence-electron chi connectivity index (χ4n) is 2.44. The first-order valence-electron chi connectivity index (χ1n) is 7.55. The van der Waals surface area contributed by atoms with Crippen molar-refractivity contribution in [2.75, 3.05) is 11.9 Å². The van der Waals surface area contributed by atoms with Gasteiger partial charge in [0.1, 0.15) is 0 Å². The molecule has 0 unspecified atom stereocenters. The van der Waals surface area contributed by atoms with Crippen LogP contribution in [-0.4, -0.2) is 24.3 Å². The van der Waals surface area contributed by atoms with Crippen molar-refractivity contribution in [1.29, 1.82) is 0 Å². The van der Waals surface area contributed by atoms with Crippen molar-refractivity contribution in [2.24, 2.45) is 17.8 Å². The van der Waals surface area contributed by atoms with E-state index in [0.717, 1.165) is 12.8 Å². The zero-order valence-corrected chi connectivity index (χ0v) is 16.1. The molecule has 122 valence electrons. The Morgan fingerprint density at radius 3 is 2.50 bits per heavy atom. The van der Waals surface area contributed by atoms with Gasteiger partial charge in [0.2, 0.25) is 5.91 Å². The van der Waals surface area contributed by atoms with Crippen LogP contribution in [0.25, 0.3) is 0 Å². The minimum atomic E-state index is -1.22. The van der Waals surface area contributed by atoms with Gasteiger partial charge in [0, 0.05) is 29.4 Å². The Morgan fingerprint density at radius 1 is 1.21 bits per heavy atom. The number of carboxylic acid groups (broad SMARTS) is 1. The molecule has 24 heavy (non-hydrogen) atoms. The Hall–Kier alpha value is -1.08. The average Bonchev–Trinajstić information content (AvgIpc) is 3.38. The third-order valence-corrected chi connectivity index (χ3v) is 4.40. The largest absolute Gasteiger partial charge is 1.00 e. The predicted molar refractivity (Wildman–Crippen MR) is 81.7 cm³/mol. The van der Waals surface area contributed by atoms with Crippen LogP contribution in [0.5, 0.6) is 0 Å². The average molecular weight is 359 g/mol. The number of benzene rings is 1. The number of carbonyl (C=O) groups excluding carboxylic acids is 3. The second kappa shape index (κ2) is 7.87. The van der Waals surface area contributed by atoms with Crippen LogP contribution in [0.1, 0.15) is 29.6 Å². The maximum absolute atomic E-state index is 12.3. The summed E-state index contributed by atoms with van der Waals surface area (Å²) in [6.45, 7) is 0.605. The standard InChI is InChI=1S/C16H17ClN2O4.Na/c17-9-3-4-13(19-15(21)10-6-11(10)16(22)23)12(5-9)14(20)18-7-8-1-2-8;/h3-5,8,10-11H,1-2,6-7H2,(H,18,20)(H,19,21)(H,22,23);/q;+1/p-1/t10-,11+;/m0./s1. The van der Waals surface area contributed by atoms with E-state index in [0.29, 0.717) is 23.2 Å². The van der Waals surface area contributed by atoms with Crippen LogP contribution in [0.2, 0.25) is 5.02 Å². The van der Waals surface area contributed by atoms with E-state index in [4.69, 9.17) is 11.6 Å². The minimum Gasteiger partial charge on any atom is -0.550 e. The Kier molecular flexibility index (Phi) is 6.31. The SMILES string of the molecule is O=C(NCC1CC1)c1cc(Cl)ccc1NC(=O)[C@H]1C[C@H]1C(=O)[O-].[Na+]. The fraction of sp³-hybridized carbons (Fsp3) is 0.438. The molecule has 2 fully saturated rings. The van der Waals surface area contributed by atoms with Crippen LogP contribution < -0.4 is 45.3 Å². The molecule has 3 rings (SSSR count). The Morgan fingerprint density at radius 2 is 1.92 bits per heavy atom. The Bertz CT molecular complexity index is 678. The van der Waals surface area contributed by atoms with Gasteiger partial charge < -0.3 is 20.5 Å². The minimum absolute atomic E-state index is 0. The van der Waals surface area contributed by atoms with Crippen LogP contribution in [0.15, 0.2) is 18.2 Å². The molecule has 2 aliphatic rings. The number of hydrogen-bond acceptors (Lipinski definition) is 4. The van der Waals surface area contributed by atoms with E-state index in [9.17, 15) is 19.5 Å². The summed E-state index contributed by atoms with van der Waals surface area (Å²) in [6.07, 6.45) is 2.50. The molecule has 2 saturated carbocycles. The van der Waals surface area contributed by atoms with E-state index in [2.05, 4.69) is 10.6 Å². The molecule has 2 atom stereocenters. The van der Waals surface area contributed by atoms with Crippen LogP contribution in [0.4, 0.5) is 5.69 Å². The van der Waals surface area contributed by atoms with Crippen LogP contribution in [0.3, 0.4) is 0 Å². The van der Waals surface area contributed by atoms with Gasteiger partial charge in [0.15, 0.2) is 0 Å². The molecule has 0 aromatic heterocycles. The second-order valence-electron chi connectivity index (χ2n) is 6.10. The van der Waals surface area contributed by atoms with Crippen molar-refractivity contribution < 1.29 is 49.0 Å². The summed E-state index contributed by atoms with van der Waals surface area (Å²) in [5.74, 6) is -2.75. The number of hydrogen-bond donors (Lipinski definition) is 2. The molecule has 8 heteroatoms. The Labute approximate surface area is 166 Å². The van der Waals surface area contributed by atoms with Crippen molar-refractivity contribution in [3.8, 4) is 0 Å². The quantitative estimate of drug-likeness (QED) is 0.564. The molecule has 6 nitrogen and oxygen atoms in total. The molecule has 1 aromatic carbocycles. The van der Waals surface area contributed by atoms with Gasteiger partial charge in [-0.05, 0) is 43.4 Å². The maximum atomic E-state index is 12.3. The number of aliphatic carboxylic acids is 1. The van der Waals surface area contributed by atoms with E-state index in [1.54, 1.807) is 12.1 Å². The number of carboxylic acids is 1. The summed E-state index contributed by atoms with van der Waals surface area (Å²) in [7, 11) is 0. The molecular weight excluding hydrogens is 343 g/mol. The summed E-state index contributed by atoms with van der Waals surface area (Å²) < 4.78 is 0. The van der Waals surface area contributed by atoms with E-state index in [-0.39, 0.29) is 47.4 Å². The first-order chi connectivity index (χ1) is 11.0. The zero-order valence-electron chi connectivity index (χ0n) is 13.3. The fourth-order valence-corrected chi connectivity index (χ4v) is 2.61. The van der Waals surface area contributed by atoms with E-state index in [1.165, 1.54) is 6.07 Å². The van der Waals surface area contributed by atoms with Crippen molar-refractivity contribution >= 4 is 35.1 Å². The number of amides is 2. The number of halogens is 1. The first-order valence-corrected chi connectivity index (χ1v) is 7.93. The van der Waals surface area contributed by atoms with Crippen molar-refractivity contribution in [2.45, 2.75) is 19.3 Å². The Balaban J connectivity index is 0.00000208. The summed E-state index contributed by atoms with van der Waals surface area (Å²) in [6, 6.07) is 4.60. The van der Waals surface area contributed by atoms with Gasteiger partial charge in [-0.3, -0.25) is 9.59 Å². The number of carbonyl (C=O) groups is 3. The molecule has 0 bridgehead atoms. The number of rotatable bonds is 6. The third kappa shape index (κ3) is 4.72. The van der Waals surface area contributed by atoms with Crippen LogP contribution in [0, 0.1) is 17.8 Å². The molecule has 0 heterocycles. The van der Waals surface area contributed by atoms with Crippen LogP contribution >= 0.6 is 11.6 Å². The smallest absolute Gasteiger partial charge is 0.550 e. The molecule has 0 spiro atoms. The molecule has 2 amide bonds. The third-order valence-electron chi connectivity index (χ3n) is 4.16. The number of anilines is 1. The van der Waals surface area contributed by atoms with E-state index in [1.807, 2.05) is 0 Å². The van der Waals surface area contributed by atoms with E-state index >= 15 is 0 Å². The normalized spacial score (nSPS) is 21.4. The van der Waals surface area contributed by atoms with Gasteiger partial charge in [0.05, 0.1) is 11.3 Å². The summed E-state index contributed by atoms with van der Waals surface area (Å²) in [4.78, 5) is 35.1. The summed E-state index contributed by atoms with van der Waals surface area (Å²) in [5, 5.41) is 16.6.